The number of rotatable bonds is 5. The van der Waals surface area contributed by atoms with Gasteiger partial charge in [-0.05, 0) is 42.7 Å². The predicted molar refractivity (Wildman–Crippen MR) is 82.0 cm³/mol. The summed E-state index contributed by atoms with van der Waals surface area (Å²) >= 11 is 5.84. The van der Waals surface area contributed by atoms with E-state index in [1.165, 1.54) is 32.1 Å². The van der Waals surface area contributed by atoms with Gasteiger partial charge in [-0.2, -0.15) is 0 Å². The number of benzene rings is 1. The fourth-order valence-corrected chi connectivity index (χ4v) is 3.50. The van der Waals surface area contributed by atoms with E-state index in [2.05, 4.69) is 12.3 Å². The van der Waals surface area contributed by atoms with Crippen LogP contribution < -0.4 is 11.3 Å². The molecule has 1 aromatic carbocycles. The van der Waals surface area contributed by atoms with Crippen LogP contribution in [0.4, 0.5) is 4.39 Å². The van der Waals surface area contributed by atoms with Crippen LogP contribution in [0.1, 0.15) is 44.6 Å². The third kappa shape index (κ3) is 3.72. The van der Waals surface area contributed by atoms with Crippen molar-refractivity contribution in [3.05, 3.63) is 34.6 Å². The van der Waals surface area contributed by atoms with E-state index in [0.29, 0.717) is 17.9 Å². The molecule has 0 radical (unpaired) electrons. The molecule has 1 fully saturated rings. The highest BCUT2D eigenvalue weighted by molar-refractivity contribution is 6.30. The zero-order chi connectivity index (χ0) is 14.5. The van der Waals surface area contributed by atoms with Crippen molar-refractivity contribution in [1.29, 1.82) is 0 Å². The van der Waals surface area contributed by atoms with Gasteiger partial charge in [-0.3, -0.25) is 11.3 Å². The Morgan fingerprint density at radius 2 is 2.05 bits per heavy atom. The van der Waals surface area contributed by atoms with Crippen molar-refractivity contribution in [2.45, 2.75) is 51.5 Å². The molecule has 0 aromatic heterocycles. The normalized spacial score (nSPS) is 24.6. The summed E-state index contributed by atoms with van der Waals surface area (Å²) in [4.78, 5) is 0. The van der Waals surface area contributed by atoms with Gasteiger partial charge in [0.2, 0.25) is 0 Å². The molecule has 4 heteroatoms. The Bertz CT molecular complexity index is 430. The van der Waals surface area contributed by atoms with Crippen LogP contribution in [0.5, 0.6) is 0 Å². The van der Waals surface area contributed by atoms with Crippen molar-refractivity contribution in [2.75, 3.05) is 0 Å². The SMILES string of the molecule is CCC1CCC(C(Cc2cccc(Cl)c2F)NN)CC1. The average Bonchev–Trinajstić information content (AvgIpc) is 2.49. The van der Waals surface area contributed by atoms with E-state index in [1.807, 2.05) is 0 Å². The van der Waals surface area contributed by atoms with Crippen LogP contribution in [0.2, 0.25) is 5.02 Å². The first-order chi connectivity index (χ1) is 9.65. The number of halogens is 2. The van der Waals surface area contributed by atoms with E-state index in [-0.39, 0.29) is 16.9 Å². The Labute approximate surface area is 125 Å². The third-order valence-corrected chi connectivity index (χ3v) is 5.02. The molecule has 2 nitrogen and oxygen atoms in total. The first-order valence-electron chi connectivity index (χ1n) is 7.54. The summed E-state index contributed by atoms with van der Waals surface area (Å²) in [6.07, 6.45) is 6.74. The minimum Gasteiger partial charge on any atom is -0.271 e. The van der Waals surface area contributed by atoms with E-state index in [9.17, 15) is 4.39 Å². The molecule has 0 heterocycles. The Hall–Kier alpha value is -0.640. The van der Waals surface area contributed by atoms with Gasteiger partial charge in [-0.15, -0.1) is 0 Å². The van der Waals surface area contributed by atoms with Gasteiger partial charge >= 0.3 is 0 Å². The molecule has 0 bridgehead atoms. The number of hydrogen-bond donors (Lipinski definition) is 2. The van der Waals surface area contributed by atoms with E-state index in [0.717, 1.165) is 5.92 Å². The molecule has 1 aromatic rings. The zero-order valence-electron chi connectivity index (χ0n) is 12.0. The van der Waals surface area contributed by atoms with Crippen LogP contribution in [0.25, 0.3) is 0 Å². The van der Waals surface area contributed by atoms with Gasteiger partial charge in [0.1, 0.15) is 5.82 Å². The van der Waals surface area contributed by atoms with Gasteiger partial charge in [0.15, 0.2) is 0 Å². The number of hydrogen-bond acceptors (Lipinski definition) is 2. The van der Waals surface area contributed by atoms with Gasteiger partial charge < -0.3 is 0 Å². The Morgan fingerprint density at radius 3 is 2.65 bits per heavy atom. The third-order valence-electron chi connectivity index (χ3n) is 4.72. The smallest absolute Gasteiger partial charge is 0.145 e. The lowest BCUT2D eigenvalue weighted by Gasteiger charge is -2.33. The molecular weight excluding hydrogens is 275 g/mol. The molecule has 1 saturated carbocycles. The molecule has 0 aliphatic heterocycles. The fourth-order valence-electron chi connectivity index (χ4n) is 3.30. The average molecular weight is 299 g/mol. The second kappa shape index (κ2) is 7.39. The van der Waals surface area contributed by atoms with Crippen LogP contribution in [0.15, 0.2) is 18.2 Å². The molecule has 1 atom stereocenters. The standard InChI is InChI=1S/C16H24ClFN2/c1-2-11-6-8-12(9-7-11)15(20-19)10-13-4-3-5-14(17)16(13)18/h3-5,11-12,15,20H,2,6-10,19H2,1H3. The number of hydrazine groups is 1. The Kier molecular flexibility index (Phi) is 5.82. The highest BCUT2D eigenvalue weighted by Crippen LogP contribution is 2.33. The van der Waals surface area contributed by atoms with Crippen molar-refractivity contribution in [2.24, 2.45) is 17.7 Å². The molecule has 0 spiro atoms. The molecule has 2 rings (SSSR count). The summed E-state index contributed by atoms with van der Waals surface area (Å²) in [5.74, 6) is 6.78. The molecule has 3 N–H and O–H groups in total. The molecule has 1 aliphatic carbocycles. The van der Waals surface area contributed by atoms with Crippen LogP contribution in [-0.2, 0) is 6.42 Å². The molecule has 0 saturated heterocycles. The maximum atomic E-state index is 14.0. The summed E-state index contributed by atoms with van der Waals surface area (Å²) in [5, 5.41) is 0.188. The molecule has 112 valence electrons. The lowest BCUT2D eigenvalue weighted by Crippen LogP contribution is -2.43. The Balaban J connectivity index is 2.00. The fraction of sp³-hybridized carbons (Fsp3) is 0.625. The minimum atomic E-state index is -0.309. The van der Waals surface area contributed by atoms with Gasteiger partial charge in [-0.1, -0.05) is 49.9 Å². The lowest BCUT2D eigenvalue weighted by molar-refractivity contribution is 0.216. The minimum absolute atomic E-state index is 0.126. The topological polar surface area (TPSA) is 38.0 Å². The highest BCUT2D eigenvalue weighted by atomic mass is 35.5. The van der Waals surface area contributed by atoms with Crippen LogP contribution in [-0.4, -0.2) is 6.04 Å². The summed E-state index contributed by atoms with van der Waals surface area (Å²) in [7, 11) is 0. The molecular formula is C16H24ClFN2. The van der Waals surface area contributed by atoms with Crippen molar-refractivity contribution >= 4 is 11.6 Å². The number of nitrogens with one attached hydrogen (secondary N) is 1. The summed E-state index contributed by atoms with van der Waals surface area (Å²) in [6.45, 7) is 2.25. The van der Waals surface area contributed by atoms with E-state index in [4.69, 9.17) is 17.4 Å². The van der Waals surface area contributed by atoms with E-state index < -0.39 is 0 Å². The van der Waals surface area contributed by atoms with Gasteiger partial charge in [0.25, 0.3) is 0 Å². The molecule has 0 amide bonds. The second-order valence-corrected chi connectivity index (χ2v) is 6.29. The van der Waals surface area contributed by atoms with Crippen LogP contribution in [0, 0.1) is 17.7 Å². The molecule has 20 heavy (non-hydrogen) atoms. The predicted octanol–water partition coefficient (Wildman–Crippen LogP) is 4.07. The van der Waals surface area contributed by atoms with E-state index >= 15 is 0 Å². The number of nitrogens with two attached hydrogens (primary N) is 1. The summed E-state index contributed by atoms with van der Waals surface area (Å²) in [5.41, 5.74) is 3.54. The zero-order valence-corrected chi connectivity index (χ0v) is 12.8. The van der Waals surface area contributed by atoms with Gasteiger partial charge in [0, 0.05) is 6.04 Å². The van der Waals surface area contributed by atoms with Crippen molar-refractivity contribution < 1.29 is 4.39 Å². The molecule has 1 unspecified atom stereocenters. The van der Waals surface area contributed by atoms with Crippen molar-refractivity contribution in [3.8, 4) is 0 Å². The first-order valence-corrected chi connectivity index (χ1v) is 7.92. The Morgan fingerprint density at radius 1 is 1.35 bits per heavy atom. The maximum Gasteiger partial charge on any atom is 0.145 e. The van der Waals surface area contributed by atoms with Crippen molar-refractivity contribution in [1.82, 2.24) is 5.43 Å². The monoisotopic (exact) mass is 298 g/mol. The van der Waals surface area contributed by atoms with Gasteiger partial charge in [0.05, 0.1) is 5.02 Å². The summed E-state index contributed by atoms with van der Waals surface area (Å²) < 4.78 is 14.0. The first kappa shape index (κ1) is 15.7. The maximum absolute atomic E-state index is 14.0. The van der Waals surface area contributed by atoms with Crippen LogP contribution >= 0.6 is 11.6 Å². The lowest BCUT2D eigenvalue weighted by atomic mass is 9.76. The van der Waals surface area contributed by atoms with E-state index in [1.54, 1.807) is 18.2 Å². The quantitative estimate of drug-likeness (QED) is 0.635. The largest absolute Gasteiger partial charge is 0.271 e. The van der Waals surface area contributed by atoms with Gasteiger partial charge in [-0.25, -0.2) is 4.39 Å². The molecule has 1 aliphatic rings. The van der Waals surface area contributed by atoms with Crippen LogP contribution in [0.3, 0.4) is 0 Å². The van der Waals surface area contributed by atoms with Crippen molar-refractivity contribution in [3.63, 3.8) is 0 Å². The second-order valence-electron chi connectivity index (χ2n) is 5.88. The highest BCUT2D eigenvalue weighted by Gasteiger charge is 2.27. The summed E-state index contributed by atoms with van der Waals surface area (Å²) in [6, 6.07) is 5.30.